The van der Waals surface area contributed by atoms with Gasteiger partial charge in [-0.15, -0.1) is 0 Å². The van der Waals surface area contributed by atoms with Crippen LogP contribution in [0.2, 0.25) is 0 Å². The van der Waals surface area contributed by atoms with Gasteiger partial charge in [0, 0.05) is 41.0 Å². The maximum atomic E-state index is 13.3. The largest absolute Gasteiger partial charge is 0.490 e. The van der Waals surface area contributed by atoms with Crippen molar-refractivity contribution < 1.29 is 65.7 Å². The molecule has 1 atom stereocenters. The molecule has 0 bridgehead atoms. The zero-order chi connectivity index (χ0) is 39.4. The number of nitrogens with zero attached hydrogens (tertiary/aromatic N) is 2. The monoisotopic (exact) mass is 752 g/mol. The van der Waals surface area contributed by atoms with E-state index in [-0.39, 0.29) is 12.3 Å². The fourth-order valence-electron chi connectivity index (χ4n) is 5.32. The van der Waals surface area contributed by atoms with Gasteiger partial charge in [0.25, 0.3) is 5.91 Å². The molecule has 0 spiro atoms. The molecule has 3 aromatic carbocycles. The van der Waals surface area contributed by atoms with Gasteiger partial charge in [0.1, 0.15) is 12.4 Å². The highest BCUT2D eigenvalue weighted by molar-refractivity contribution is 5.95. The van der Waals surface area contributed by atoms with Crippen LogP contribution >= 0.6 is 0 Å². The highest BCUT2D eigenvalue weighted by atomic mass is 19.4. The second-order valence-corrected chi connectivity index (χ2v) is 11.7. The standard InChI is InChI=1S/C31H32N4O4.2C2HF3O2/c1-22-18-24(27-10-5-6-11-28(27)32-22)20-39-26-14-12-23(13-15-26)30(37)33-31(19-29(36)34-38)16-7-17-35(21-31)25-8-3-2-4-9-25;2*3-2(4,5)1(6)7/h2-6,8-15,18,38H,7,16-17,19-21H2,1H3,(H,33,37)(H,34,36);2*(H,6,7). The number of piperidine rings is 1. The number of aliphatic carboxylic acids is 2. The summed E-state index contributed by atoms with van der Waals surface area (Å²) in [6.45, 7) is 3.62. The highest BCUT2D eigenvalue weighted by Gasteiger charge is 2.40. The number of para-hydroxylation sites is 2. The average molecular weight is 753 g/mol. The first-order valence-electron chi connectivity index (χ1n) is 15.6. The second kappa shape index (κ2) is 18.0. The summed E-state index contributed by atoms with van der Waals surface area (Å²) in [5.74, 6) is -5.68. The molecule has 1 saturated heterocycles. The number of hydroxylamine groups is 1. The Morgan fingerprint density at radius 3 is 2.00 bits per heavy atom. The first kappa shape index (κ1) is 41.5. The average Bonchev–Trinajstić information content (AvgIpc) is 3.10. The molecule has 284 valence electrons. The Bertz CT molecular complexity index is 1850. The van der Waals surface area contributed by atoms with Crippen LogP contribution in [0.3, 0.4) is 0 Å². The topological polar surface area (TPSA) is 178 Å². The molecule has 2 heterocycles. The van der Waals surface area contributed by atoms with Crippen molar-refractivity contribution >= 4 is 40.3 Å². The number of ether oxygens (including phenoxy) is 1. The number of rotatable bonds is 8. The van der Waals surface area contributed by atoms with Crippen LogP contribution in [0.25, 0.3) is 10.9 Å². The van der Waals surface area contributed by atoms with Crippen LogP contribution in [0.4, 0.5) is 32.0 Å². The van der Waals surface area contributed by atoms with Gasteiger partial charge in [0.15, 0.2) is 0 Å². The van der Waals surface area contributed by atoms with E-state index in [9.17, 15) is 41.1 Å². The van der Waals surface area contributed by atoms with Gasteiger partial charge in [-0.05, 0) is 68.3 Å². The van der Waals surface area contributed by atoms with Crippen LogP contribution in [0.15, 0.2) is 84.9 Å². The van der Waals surface area contributed by atoms with Gasteiger partial charge in [-0.1, -0.05) is 36.4 Å². The molecule has 5 rings (SSSR count). The van der Waals surface area contributed by atoms with Gasteiger partial charge in [0.2, 0.25) is 5.91 Å². The smallest absolute Gasteiger partial charge is 0.489 e. The number of alkyl halides is 6. The summed E-state index contributed by atoms with van der Waals surface area (Å²) in [6, 6.07) is 26.9. The molecule has 2 amide bonds. The van der Waals surface area contributed by atoms with Crippen molar-refractivity contribution in [1.82, 2.24) is 15.8 Å². The SMILES string of the molecule is Cc1cc(COc2ccc(C(=O)NC3(CC(=O)NO)CCCN(c4ccccc4)C3)cc2)c2ccccc2n1.O=C(O)C(F)(F)F.O=C(O)C(F)(F)F. The van der Waals surface area contributed by atoms with Crippen LogP contribution in [-0.2, 0) is 21.0 Å². The van der Waals surface area contributed by atoms with Crippen molar-refractivity contribution in [2.24, 2.45) is 0 Å². The lowest BCUT2D eigenvalue weighted by Gasteiger charge is -2.44. The Kier molecular flexibility index (Phi) is 14.1. The number of carboxylic acids is 2. The molecule has 1 aliphatic heterocycles. The Morgan fingerprint density at radius 2 is 1.43 bits per heavy atom. The van der Waals surface area contributed by atoms with Gasteiger partial charge < -0.3 is 25.2 Å². The third-order valence-corrected chi connectivity index (χ3v) is 7.63. The number of hydrogen-bond acceptors (Lipinski definition) is 8. The van der Waals surface area contributed by atoms with E-state index in [1.807, 2.05) is 67.6 Å². The number of hydrogen-bond donors (Lipinski definition) is 5. The van der Waals surface area contributed by atoms with Crippen molar-refractivity contribution in [2.75, 3.05) is 18.0 Å². The van der Waals surface area contributed by atoms with Crippen LogP contribution in [0, 0.1) is 6.92 Å². The number of carbonyl (C=O) groups is 4. The first-order chi connectivity index (χ1) is 24.8. The number of carbonyl (C=O) groups excluding carboxylic acids is 2. The van der Waals surface area contributed by atoms with E-state index in [2.05, 4.69) is 15.2 Å². The summed E-state index contributed by atoms with van der Waals surface area (Å²) in [5.41, 5.74) is 5.30. The van der Waals surface area contributed by atoms with Crippen molar-refractivity contribution in [3.05, 3.63) is 102 Å². The van der Waals surface area contributed by atoms with Gasteiger partial charge in [0.05, 0.1) is 17.5 Å². The number of aromatic nitrogens is 1. The third kappa shape index (κ3) is 12.7. The summed E-state index contributed by atoms with van der Waals surface area (Å²) in [5, 5.41) is 27.6. The number of fused-ring (bicyclic) bond motifs is 1. The Morgan fingerprint density at radius 1 is 0.868 bits per heavy atom. The Labute approximate surface area is 298 Å². The number of pyridine rings is 1. The number of halogens is 6. The summed E-state index contributed by atoms with van der Waals surface area (Å²) in [4.78, 5) is 50.1. The predicted molar refractivity (Wildman–Crippen MR) is 177 cm³/mol. The number of aryl methyl sites for hydroxylation is 1. The molecule has 18 heteroatoms. The van der Waals surface area contributed by atoms with Crippen LogP contribution in [0.5, 0.6) is 5.75 Å². The lowest BCUT2D eigenvalue weighted by Crippen LogP contribution is -2.60. The number of nitrogens with one attached hydrogen (secondary N) is 2. The summed E-state index contributed by atoms with van der Waals surface area (Å²) >= 11 is 0. The van der Waals surface area contributed by atoms with E-state index in [0.717, 1.165) is 40.8 Å². The molecule has 0 saturated carbocycles. The number of carboxylic acid groups (broad SMARTS) is 2. The van der Waals surface area contributed by atoms with Crippen LogP contribution in [-0.4, -0.2) is 75.1 Å². The van der Waals surface area contributed by atoms with Crippen molar-refractivity contribution in [1.29, 1.82) is 0 Å². The normalized spacial score (nSPS) is 15.5. The van der Waals surface area contributed by atoms with Gasteiger partial charge in [-0.3, -0.25) is 19.8 Å². The van der Waals surface area contributed by atoms with E-state index in [1.54, 1.807) is 29.7 Å². The summed E-state index contributed by atoms with van der Waals surface area (Å²) in [7, 11) is 0. The molecule has 53 heavy (non-hydrogen) atoms. The molecule has 1 aromatic heterocycles. The van der Waals surface area contributed by atoms with Crippen molar-refractivity contribution in [3.63, 3.8) is 0 Å². The number of anilines is 1. The predicted octanol–water partition coefficient (Wildman–Crippen LogP) is 6.05. The van der Waals surface area contributed by atoms with E-state index < -0.39 is 35.7 Å². The van der Waals surface area contributed by atoms with E-state index in [0.29, 0.717) is 30.9 Å². The van der Waals surface area contributed by atoms with Gasteiger partial charge in [-0.25, -0.2) is 15.1 Å². The highest BCUT2D eigenvalue weighted by Crippen LogP contribution is 2.29. The lowest BCUT2D eigenvalue weighted by atomic mass is 9.84. The molecule has 5 N–H and O–H groups in total. The van der Waals surface area contributed by atoms with Crippen molar-refractivity contribution in [2.45, 2.75) is 50.7 Å². The minimum atomic E-state index is -5.08. The zero-order valence-corrected chi connectivity index (χ0v) is 27.9. The van der Waals surface area contributed by atoms with E-state index in [4.69, 9.17) is 24.5 Å². The fraction of sp³-hybridized carbons (Fsp3) is 0.286. The molecule has 0 radical (unpaired) electrons. The summed E-state index contributed by atoms with van der Waals surface area (Å²) in [6.07, 6.45) is -8.78. The minimum absolute atomic E-state index is 0.0287. The molecular formula is C35H34F6N4O8. The van der Waals surface area contributed by atoms with Crippen LogP contribution in [0.1, 0.15) is 40.9 Å². The second-order valence-electron chi connectivity index (χ2n) is 11.7. The van der Waals surface area contributed by atoms with E-state index in [1.165, 1.54) is 0 Å². The van der Waals surface area contributed by atoms with Gasteiger partial charge in [-0.2, -0.15) is 26.3 Å². The van der Waals surface area contributed by atoms with Crippen LogP contribution < -0.4 is 20.4 Å². The summed E-state index contributed by atoms with van der Waals surface area (Å²) < 4.78 is 69.5. The molecule has 1 aliphatic rings. The number of benzene rings is 3. The molecule has 12 nitrogen and oxygen atoms in total. The quantitative estimate of drug-likeness (QED) is 0.0808. The maximum absolute atomic E-state index is 13.3. The minimum Gasteiger partial charge on any atom is -0.489 e. The maximum Gasteiger partial charge on any atom is 0.490 e. The van der Waals surface area contributed by atoms with Gasteiger partial charge >= 0.3 is 24.3 Å². The zero-order valence-electron chi connectivity index (χ0n) is 27.9. The Hall–Kier alpha value is -5.91. The fourth-order valence-corrected chi connectivity index (χ4v) is 5.32. The van der Waals surface area contributed by atoms with Crippen molar-refractivity contribution in [3.8, 4) is 5.75 Å². The molecule has 1 fully saturated rings. The Balaban J connectivity index is 0.000000458. The molecule has 1 unspecified atom stereocenters. The lowest BCUT2D eigenvalue weighted by molar-refractivity contribution is -0.193. The van der Waals surface area contributed by atoms with E-state index >= 15 is 0 Å². The third-order valence-electron chi connectivity index (χ3n) is 7.63. The molecular weight excluding hydrogens is 718 g/mol. The molecule has 0 aliphatic carbocycles. The number of amides is 2. The molecule has 4 aromatic rings. The first-order valence-corrected chi connectivity index (χ1v) is 15.6.